The summed E-state index contributed by atoms with van der Waals surface area (Å²) in [5.41, 5.74) is 0. The van der Waals surface area contributed by atoms with Crippen LogP contribution < -0.4 is 0 Å². The van der Waals surface area contributed by atoms with E-state index >= 15 is 0 Å². The van der Waals surface area contributed by atoms with Gasteiger partial charge in [-0.05, 0) is 12.8 Å². The minimum Gasteiger partial charge on any atom is -0.370 e. The molecule has 0 aliphatic carbocycles. The predicted molar refractivity (Wildman–Crippen MR) is 38.8 cm³/mol. The number of carbonyl (C=O) groups is 1. The highest BCUT2D eigenvalue weighted by atomic mass is 16.5. The van der Waals surface area contributed by atoms with Crippen LogP contribution in [0.15, 0.2) is 0 Å². The molecule has 1 fully saturated rings. The lowest BCUT2D eigenvalue weighted by Gasteiger charge is -2.09. The summed E-state index contributed by atoms with van der Waals surface area (Å²) in [6.45, 7) is 4.61. The molecule has 1 atom stereocenters. The van der Waals surface area contributed by atoms with Gasteiger partial charge in [-0.2, -0.15) is 0 Å². The number of rotatable bonds is 2. The first-order chi connectivity index (χ1) is 4.72. The number of hydrogen-bond acceptors (Lipinski definition) is 2. The zero-order valence-electron chi connectivity index (χ0n) is 6.59. The van der Waals surface area contributed by atoms with Crippen molar-refractivity contribution in [3.05, 3.63) is 0 Å². The average molecular weight is 142 g/mol. The van der Waals surface area contributed by atoms with Crippen LogP contribution in [0.2, 0.25) is 0 Å². The highest BCUT2D eigenvalue weighted by Crippen LogP contribution is 2.15. The molecule has 1 aliphatic rings. The Morgan fingerprint density at radius 3 is 2.70 bits per heavy atom. The molecule has 0 aromatic rings. The molecular formula is C8H14O2. The summed E-state index contributed by atoms with van der Waals surface area (Å²) in [6.07, 6.45) is 1.89. The average Bonchev–Trinajstić information content (AvgIpc) is 2.36. The monoisotopic (exact) mass is 142 g/mol. The minimum absolute atomic E-state index is 0.0833. The molecule has 0 aromatic carbocycles. The lowest BCUT2D eigenvalue weighted by Crippen LogP contribution is -2.23. The number of ketones is 1. The van der Waals surface area contributed by atoms with Crippen LogP contribution in [0, 0.1) is 5.92 Å². The second-order valence-electron chi connectivity index (χ2n) is 3.06. The third kappa shape index (κ3) is 1.57. The van der Waals surface area contributed by atoms with Gasteiger partial charge < -0.3 is 4.74 Å². The minimum atomic E-state index is -0.0833. The van der Waals surface area contributed by atoms with Gasteiger partial charge in [-0.25, -0.2) is 0 Å². The van der Waals surface area contributed by atoms with Gasteiger partial charge in [0.25, 0.3) is 0 Å². The molecule has 0 bridgehead atoms. The van der Waals surface area contributed by atoms with Gasteiger partial charge >= 0.3 is 0 Å². The molecule has 0 amide bonds. The first-order valence-corrected chi connectivity index (χ1v) is 3.87. The lowest BCUT2D eigenvalue weighted by molar-refractivity contribution is -0.130. The van der Waals surface area contributed by atoms with E-state index in [1.165, 1.54) is 0 Å². The maximum atomic E-state index is 11.2. The Hall–Kier alpha value is -0.370. The second-order valence-corrected chi connectivity index (χ2v) is 3.06. The molecule has 58 valence electrons. The molecule has 2 nitrogen and oxygen atoms in total. The Kier molecular flexibility index (Phi) is 2.44. The van der Waals surface area contributed by atoms with E-state index in [9.17, 15) is 4.79 Å². The van der Waals surface area contributed by atoms with Crippen molar-refractivity contribution in [3.8, 4) is 0 Å². The van der Waals surface area contributed by atoms with Gasteiger partial charge in [-0.15, -0.1) is 0 Å². The Balaban J connectivity index is 2.40. The maximum Gasteiger partial charge on any atom is 0.164 e. The Bertz CT molecular complexity index is 123. The molecule has 1 aliphatic heterocycles. The third-order valence-corrected chi connectivity index (χ3v) is 1.82. The van der Waals surface area contributed by atoms with E-state index in [2.05, 4.69) is 0 Å². The molecule has 0 radical (unpaired) electrons. The summed E-state index contributed by atoms with van der Waals surface area (Å²) in [4.78, 5) is 11.2. The number of ether oxygens (including phenoxy) is 1. The van der Waals surface area contributed by atoms with Crippen molar-refractivity contribution in [2.45, 2.75) is 32.8 Å². The number of hydrogen-bond donors (Lipinski definition) is 0. The number of carbonyl (C=O) groups excluding carboxylic acids is 1. The van der Waals surface area contributed by atoms with Crippen LogP contribution in [-0.2, 0) is 9.53 Å². The molecule has 0 spiro atoms. The topological polar surface area (TPSA) is 26.3 Å². The van der Waals surface area contributed by atoms with Crippen molar-refractivity contribution in [1.29, 1.82) is 0 Å². The van der Waals surface area contributed by atoms with Crippen molar-refractivity contribution in [1.82, 2.24) is 0 Å². The van der Waals surface area contributed by atoms with Crippen molar-refractivity contribution in [2.24, 2.45) is 5.92 Å². The summed E-state index contributed by atoms with van der Waals surface area (Å²) in [7, 11) is 0. The van der Waals surface area contributed by atoms with Crippen molar-refractivity contribution >= 4 is 5.78 Å². The smallest absolute Gasteiger partial charge is 0.164 e. The SMILES string of the molecule is CC(C)C(=O)C1CCCO1. The second kappa shape index (κ2) is 3.15. The van der Waals surface area contributed by atoms with E-state index in [1.54, 1.807) is 0 Å². The van der Waals surface area contributed by atoms with Crippen LogP contribution in [-0.4, -0.2) is 18.5 Å². The zero-order chi connectivity index (χ0) is 7.56. The highest BCUT2D eigenvalue weighted by molar-refractivity contribution is 5.84. The number of Topliss-reactive ketones (excluding diaryl/α,β-unsaturated/α-hetero) is 1. The standard InChI is InChI=1S/C8H14O2/c1-6(2)8(9)7-4-3-5-10-7/h6-7H,3-5H2,1-2H3. The Morgan fingerprint density at radius 1 is 1.60 bits per heavy atom. The molecule has 0 aromatic heterocycles. The Labute approximate surface area is 61.6 Å². The molecule has 0 N–H and O–H groups in total. The van der Waals surface area contributed by atoms with Crippen LogP contribution in [0.25, 0.3) is 0 Å². The van der Waals surface area contributed by atoms with E-state index in [-0.39, 0.29) is 17.8 Å². The summed E-state index contributed by atoms with van der Waals surface area (Å²) >= 11 is 0. The lowest BCUT2D eigenvalue weighted by atomic mass is 10.0. The third-order valence-electron chi connectivity index (χ3n) is 1.82. The quantitative estimate of drug-likeness (QED) is 0.582. The fraction of sp³-hybridized carbons (Fsp3) is 0.875. The normalized spacial score (nSPS) is 25.7. The van der Waals surface area contributed by atoms with Crippen LogP contribution in [0.4, 0.5) is 0 Å². The van der Waals surface area contributed by atoms with Gasteiger partial charge in [0.15, 0.2) is 5.78 Å². The largest absolute Gasteiger partial charge is 0.370 e. The molecule has 0 saturated carbocycles. The van der Waals surface area contributed by atoms with E-state index < -0.39 is 0 Å². The van der Waals surface area contributed by atoms with Gasteiger partial charge in [0.05, 0.1) is 0 Å². The highest BCUT2D eigenvalue weighted by Gasteiger charge is 2.24. The molecule has 2 heteroatoms. The molecule has 1 rings (SSSR count). The molecule has 1 unspecified atom stereocenters. The van der Waals surface area contributed by atoms with Gasteiger partial charge in [-0.3, -0.25) is 4.79 Å². The maximum absolute atomic E-state index is 11.2. The fourth-order valence-corrected chi connectivity index (χ4v) is 1.17. The van der Waals surface area contributed by atoms with E-state index in [0.29, 0.717) is 0 Å². The van der Waals surface area contributed by atoms with Crippen molar-refractivity contribution in [3.63, 3.8) is 0 Å². The fourth-order valence-electron chi connectivity index (χ4n) is 1.17. The van der Waals surface area contributed by atoms with Crippen LogP contribution in [0.1, 0.15) is 26.7 Å². The van der Waals surface area contributed by atoms with Crippen molar-refractivity contribution in [2.75, 3.05) is 6.61 Å². The predicted octanol–water partition coefficient (Wildman–Crippen LogP) is 1.39. The zero-order valence-corrected chi connectivity index (χ0v) is 6.59. The van der Waals surface area contributed by atoms with Gasteiger partial charge in [0.2, 0.25) is 0 Å². The van der Waals surface area contributed by atoms with Crippen LogP contribution in [0.3, 0.4) is 0 Å². The summed E-state index contributed by atoms with van der Waals surface area (Å²) < 4.78 is 5.23. The van der Waals surface area contributed by atoms with E-state index in [1.807, 2.05) is 13.8 Å². The summed E-state index contributed by atoms with van der Waals surface area (Å²) in [5, 5.41) is 0. The molecule has 1 heterocycles. The van der Waals surface area contributed by atoms with Gasteiger partial charge in [-0.1, -0.05) is 13.8 Å². The Morgan fingerprint density at radius 2 is 2.30 bits per heavy atom. The van der Waals surface area contributed by atoms with Gasteiger partial charge in [0.1, 0.15) is 6.10 Å². The summed E-state index contributed by atoms with van der Waals surface area (Å²) in [5.74, 6) is 0.389. The molecule has 10 heavy (non-hydrogen) atoms. The first kappa shape index (κ1) is 7.73. The molecule has 1 saturated heterocycles. The van der Waals surface area contributed by atoms with Crippen LogP contribution in [0.5, 0.6) is 0 Å². The van der Waals surface area contributed by atoms with E-state index in [0.717, 1.165) is 19.4 Å². The van der Waals surface area contributed by atoms with Crippen molar-refractivity contribution < 1.29 is 9.53 Å². The summed E-state index contributed by atoms with van der Waals surface area (Å²) in [6, 6.07) is 0. The van der Waals surface area contributed by atoms with Crippen LogP contribution >= 0.6 is 0 Å². The first-order valence-electron chi connectivity index (χ1n) is 3.87. The van der Waals surface area contributed by atoms with E-state index in [4.69, 9.17) is 4.74 Å². The van der Waals surface area contributed by atoms with Gasteiger partial charge in [0, 0.05) is 12.5 Å². The molecular weight excluding hydrogens is 128 g/mol.